The molecule has 1 atom stereocenters. The summed E-state index contributed by atoms with van der Waals surface area (Å²) in [5, 5.41) is 5.24. The molecule has 1 heterocycles. The van der Waals surface area contributed by atoms with Gasteiger partial charge in [0.05, 0.1) is 10.9 Å². The van der Waals surface area contributed by atoms with Crippen molar-refractivity contribution in [2.45, 2.75) is 16.6 Å². The number of anilines is 2. The van der Waals surface area contributed by atoms with Gasteiger partial charge in [0.1, 0.15) is 0 Å². The summed E-state index contributed by atoms with van der Waals surface area (Å²) >= 11 is 4.77. The van der Waals surface area contributed by atoms with Gasteiger partial charge in [-0.25, -0.2) is 0 Å². The van der Waals surface area contributed by atoms with Crippen LogP contribution in [0.2, 0.25) is 0 Å². The van der Waals surface area contributed by atoms with Crippen LogP contribution in [-0.4, -0.2) is 17.1 Å². The van der Waals surface area contributed by atoms with Crippen LogP contribution in [0.15, 0.2) is 57.9 Å². The van der Waals surface area contributed by atoms with Crippen LogP contribution in [0.5, 0.6) is 0 Å². The summed E-state index contributed by atoms with van der Waals surface area (Å²) in [5.41, 5.74) is 1.52. The molecule has 2 N–H and O–H groups in total. The molecule has 6 heteroatoms. The van der Waals surface area contributed by atoms with E-state index in [1.54, 1.807) is 0 Å². The van der Waals surface area contributed by atoms with Gasteiger partial charge in [-0.2, -0.15) is 0 Å². The molecule has 0 saturated heterocycles. The normalized spacial score (nSPS) is 16.6. The van der Waals surface area contributed by atoms with E-state index in [0.717, 1.165) is 20.7 Å². The number of carbonyl (C=O) groups excluding carboxylic acids is 2. The zero-order valence-corrected chi connectivity index (χ0v) is 13.9. The smallest absolute Gasteiger partial charge is 0.238 e. The molecule has 2 amide bonds. The lowest BCUT2D eigenvalue weighted by Crippen LogP contribution is -2.32. The highest BCUT2D eigenvalue weighted by Crippen LogP contribution is 2.36. The van der Waals surface area contributed by atoms with Crippen molar-refractivity contribution in [3.8, 4) is 0 Å². The number of benzene rings is 2. The van der Waals surface area contributed by atoms with Crippen LogP contribution in [0.3, 0.4) is 0 Å². The van der Waals surface area contributed by atoms with Crippen LogP contribution >= 0.6 is 27.7 Å². The standard InChI is InChI=1S/C16H13BrN2O2S/c17-10-5-7-11(8-6-10)18-15(20)9-14-16(21)19-12-3-1-2-4-13(12)22-14/h1-8,14H,9H2,(H,18,20)(H,19,21)/t14-/m0/s1. The molecule has 2 aromatic carbocycles. The Balaban J connectivity index is 1.64. The number of amides is 2. The van der Waals surface area contributed by atoms with Crippen molar-refractivity contribution in [3.63, 3.8) is 0 Å². The van der Waals surface area contributed by atoms with E-state index >= 15 is 0 Å². The van der Waals surface area contributed by atoms with Gasteiger partial charge >= 0.3 is 0 Å². The van der Waals surface area contributed by atoms with Crippen LogP contribution in [-0.2, 0) is 9.59 Å². The van der Waals surface area contributed by atoms with Crippen molar-refractivity contribution in [2.24, 2.45) is 0 Å². The molecular formula is C16H13BrN2O2S. The third-order valence-electron chi connectivity index (χ3n) is 3.21. The average molecular weight is 377 g/mol. The van der Waals surface area contributed by atoms with Crippen molar-refractivity contribution in [2.75, 3.05) is 10.6 Å². The molecule has 112 valence electrons. The number of hydrogen-bond acceptors (Lipinski definition) is 3. The summed E-state index contributed by atoms with van der Waals surface area (Å²) in [7, 11) is 0. The van der Waals surface area contributed by atoms with Gasteiger partial charge in [0.15, 0.2) is 0 Å². The quantitative estimate of drug-likeness (QED) is 0.853. The molecule has 3 rings (SSSR count). The number of rotatable bonds is 3. The van der Waals surface area contributed by atoms with E-state index in [0.29, 0.717) is 0 Å². The monoisotopic (exact) mass is 376 g/mol. The first-order valence-electron chi connectivity index (χ1n) is 6.74. The lowest BCUT2D eigenvalue weighted by molar-refractivity contribution is -0.120. The molecule has 2 aromatic rings. The minimum absolute atomic E-state index is 0.130. The third-order valence-corrected chi connectivity index (χ3v) is 5.01. The average Bonchev–Trinajstić information content (AvgIpc) is 2.50. The molecule has 0 spiro atoms. The van der Waals surface area contributed by atoms with Gasteiger partial charge in [0.2, 0.25) is 11.8 Å². The Morgan fingerprint density at radius 1 is 1.18 bits per heavy atom. The number of para-hydroxylation sites is 1. The van der Waals surface area contributed by atoms with Gasteiger partial charge in [0.25, 0.3) is 0 Å². The Kier molecular flexibility index (Phi) is 4.49. The van der Waals surface area contributed by atoms with Crippen molar-refractivity contribution >= 4 is 50.9 Å². The number of thioether (sulfide) groups is 1. The van der Waals surface area contributed by atoms with E-state index in [2.05, 4.69) is 26.6 Å². The molecule has 4 nitrogen and oxygen atoms in total. The van der Waals surface area contributed by atoms with Crippen molar-refractivity contribution < 1.29 is 9.59 Å². The minimum Gasteiger partial charge on any atom is -0.326 e. The Labute approximate surface area is 140 Å². The summed E-state index contributed by atoms with van der Waals surface area (Å²) in [6, 6.07) is 14.9. The van der Waals surface area contributed by atoms with E-state index in [1.165, 1.54) is 11.8 Å². The SMILES string of the molecule is O=C(C[C@@H]1Sc2ccccc2NC1=O)Nc1ccc(Br)cc1. The predicted octanol–water partition coefficient (Wildman–Crippen LogP) is 3.89. The van der Waals surface area contributed by atoms with Crippen LogP contribution in [0.1, 0.15) is 6.42 Å². The molecule has 0 saturated carbocycles. The van der Waals surface area contributed by atoms with Crippen LogP contribution in [0.25, 0.3) is 0 Å². The summed E-state index contributed by atoms with van der Waals surface area (Å²) in [5.74, 6) is -0.302. The van der Waals surface area contributed by atoms with Crippen LogP contribution in [0.4, 0.5) is 11.4 Å². The number of hydrogen-bond donors (Lipinski definition) is 2. The van der Waals surface area contributed by atoms with Gasteiger partial charge in [-0.3, -0.25) is 9.59 Å². The maximum Gasteiger partial charge on any atom is 0.238 e. The van der Waals surface area contributed by atoms with Gasteiger partial charge in [-0.15, -0.1) is 11.8 Å². The lowest BCUT2D eigenvalue weighted by Gasteiger charge is -2.23. The zero-order valence-electron chi connectivity index (χ0n) is 11.5. The number of carbonyl (C=O) groups is 2. The van der Waals surface area contributed by atoms with Crippen molar-refractivity contribution in [1.82, 2.24) is 0 Å². The summed E-state index contributed by atoms with van der Waals surface area (Å²) in [4.78, 5) is 25.2. The van der Waals surface area contributed by atoms with Crippen LogP contribution < -0.4 is 10.6 Å². The molecular weight excluding hydrogens is 364 g/mol. The summed E-state index contributed by atoms with van der Waals surface area (Å²) in [6.45, 7) is 0. The second kappa shape index (κ2) is 6.54. The molecule has 22 heavy (non-hydrogen) atoms. The van der Waals surface area contributed by atoms with E-state index in [4.69, 9.17) is 0 Å². The molecule has 0 bridgehead atoms. The highest BCUT2D eigenvalue weighted by molar-refractivity contribution is 9.10. The van der Waals surface area contributed by atoms with E-state index in [9.17, 15) is 9.59 Å². The van der Waals surface area contributed by atoms with Gasteiger partial charge in [0, 0.05) is 21.5 Å². The first kappa shape index (κ1) is 15.1. The second-order valence-electron chi connectivity index (χ2n) is 4.85. The zero-order chi connectivity index (χ0) is 15.5. The fourth-order valence-electron chi connectivity index (χ4n) is 2.14. The third kappa shape index (κ3) is 3.51. The predicted molar refractivity (Wildman–Crippen MR) is 92.1 cm³/mol. The molecule has 0 radical (unpaired) electrons. The van der Waals surface area contributed by atoms with E-state index < -0.39 is 5.25 Å². The summed E-state index contributed by atoms with van der Waals surface area (Å²) < 4.78 is 0.948. The van der Waals surface area contributed by atoms with Crippen molar-refractivity contribution in [1.29, 1.82) is 0 Å². The first-order chi connectivity index (χ1) is 10.6. The minimum atomic E-state index is -0.412. The number of nitrogens with one attached hydrogen (secondary N) is 2. The van der Waals surface area contributed by atoms with E-state index in [-0.39, 0.29) is 18.2 Å². The van der Waals surface area contributed by atoms with Gasteiger partial charge in [-0.1, -0.05) is 28.1 Å². The Bertz CT molecular complexity index is 718. The first-order valence-corrected chi connectivity index (χ1v) is 8.41. The van der Waals surface area contributed by atoms with Gasteiger partial charge in [-0.05, 0) is 36.4 Å². The number of halogens is 1. The van der Waals surface area contributed by atoms with Crippen molar-refractivity contribution in [3.05, 3.63) is 53.0 Å². The topological polar surface area (TPSA) is 58.2 Å². The van der Waals surface area contributed by atoms with Gasteiger partial charge < -0.3 is 10.6 Å². The highest BCUT2D eigenvalue weighted by atomic mass is 79.9. The Morgan fingerprint density at radius 3 is 2.68 bits per heavy atom. The highest BCUT2D eigenvalue weighted by Gasteiger charge is 2.28. The fraction of sp³-hybridized carbons (Fsp3) is 0.125. The maximum absolute atomic E-state index is 12.1. The Hall–Kier alpha value is -1.79. The van der Waals surface area contributed by atoms with E-state index in [1.807, 2.05) is 48.5 Å². The van der Waals surface area contributed by atoms with Crippen LogP contribution in [0, 0.1) is 0 Å². The molecule has 0 aliphatic carbocycles. The number of fused-ring (bicyclic) bond motifs is 1. The Morgan fingerprint density at radius 2 is 1.91 bits per heavy atom. The molecule has 1 aliphatic rings. The molecule has 0 unspecified atom stereocenters. The maximum atomic E-state index is 12.1. The fourth-order valence-corrected chi connectivity index (χ4v) is 3.52. The molecule has 0 fully saturated rings. The second-order valence-corrected chi connectivity index (χ2v) is 7.01. The molecule has 0 aromatic heterocycles. The lowest BCUT2D eigenvalue weighted by atomic mass is 10.2. The summed E-state index contributed by atoms with van der Waals surface area (Å²) in [6.07, 6.45) is 0.140. The molecule has 1 aliphatic heterocycles. The largest absolute Gasteiger partial charge is 0.326 e.